The van der Waals surface area contributed by atoms with Crippen molar-refractivity contribution in [3.05, 3.63) is 28.5 Å². The minimum Gasteiger partial charge on any atom is -0.477 e. The van der Waals surface area contributed by atoms with Crippen LogP contribution in [0.1, 0.15) is 21.9 Å². The highest BCUT2D eigenvalue weighted by molar-refractivity contribution is 7.89. The summed E-state index contributed by atoms with van der Waals surface area (Å²) in [5.74, 6) is -0.449. The van der Waals surface area contributed by atoms with Crippen molar-refractivity contribution < 1.29 is 18.3 Å². The van der Waals surface area contributed by atoms with E-state index >= 15 is 0 Å². The highest BCUT2D eigenvalue weighted by Crippen LogP contribution is 2.19. The number of sulfonamides is 1. The number of aromatic carboxylic acids is 1. The monoisotopic (exact) mass is 316 g/mol. The van der Waals surface area contributed by atoms with Gasteiger partial charge in [-0.2, -0.15) is 5.10 Å². The molecule has 0 saturated carbocycles. The van der Waals surface area contributed by atoms with E-state index < -0.39 is 16.0 Å². The normalized spacial score (nSPS) is 11.6. The van der Waals surface area contributed by atoms with Gasteiger partial charge in [0.1, 0.15) is 17.0 Å². The zero-order chi connectivity index (χ0) is 14.6. The molecular formula is C10H12N4O4S2. The quantitative estimate of drug-likeness (QED) is 0.638. The first-order chi connectivity index (χ1) is 9.49. The van der Waals surface area contributed by atoms with E-state index in [-0.39, 0.29) is 16.3 Å². The van der Waals surface area contributed by atoms with Crippen molar-refractivity contribution in [1.29, 1.82) is 0 Å². The standard InChI is InChI=1S/C10H12N4O4S2/c15-10(16)8-4-7(5-19-8)20(17,18)13-3-1-2-9-11-6-12-14-9/h4-6,13H,1-3H2,(H,15,16)(H,11,12,14). The molecule has 2 rings (SSSR count). The molecule has 0 fully saturated rings. The molecule has 2 aromatic heterocycles. The number of rotatable bonds is 7. The molecule has 0 aromatic carbocycles. The molecule has 0 aliphatic carbocycles. The van der Waals surface area contributed by atoms with Crippen molar-refractivity contribution in [3.63, 3.8) is 0 Å². The van der Waals surface area contributed by atoms with E-state index in [0.29, 0.717) is 18.7 Å². The molecule has 0 aliphatic heterocycles. The van der Waals surface area contributed by atoms with Crippen LogP contribution < -0.4 is 4.72 Å². The number of nitrogens with one attached hydrogen (secondary N) is 2. The van der Waals surface area contributed by atoms with Crippen LogP contribution in [0.4, 0.5) is 0 Å². The Labute approximate surface area is 118 Å². The Kier molecular flexibility index (Phi) is 4.47. The SMILES string of the molecule is O=C(O)c1cc(S(=O)(=O)NCCCc2ncn[nH]2)cs1. The summed E-state index contributed by atoms with van der Waals surface area (Å²) in [6.07, 6.45) is 2.52. The number of carbonyl (C=O) groups is 1. The number of thiophene rings is 1. The van der Waals surface area contributed by atoms with Crippen molar-refractivity contribution in [3.8, 4) is 0 Å². The van der Waals surface area contributed by atoms with Crippen LogP contribution in [0, 0.1) is 0 Å². The second-order valence-corrected chi connectivity index (χ2v) is 6.56. The Hall–Kier alpha value is -1.78. The maximum atomic E-state index is 11.9. The minimum atomic E-state index is -3.66. The summed E-state index contributed by atoms with van der Waals surface area (Å²) in [6.45, 7) is 0.237. The molecule has 2 aromatic rings. The molecule has 0 spiro atoms. The number of H-pyrrole nitrogens is 1. The average molecular weight is 316 g/mol. The summed E-state index contributed by atoms with van der Waals surface area (Å²) in [5, 5.41) is 16.4. The Morgan fingerprint density at radius 3 is 2.90 bits per heavy atom. The van der Waals surface area contributed by atoms with Gasteiger partial charge in [0.05, 0.1) is 4.90 Å². The molecule has 0 radical (unpaired) electrons. The molecule has 0 saturated heterocycles. The molecule has 0 aliphatic rings. The first kappa shape index (κ1) is 14.6. The number of aromatic nitrogens is 3. The number of carboxylic acid groups (broad SMARTS) is 1. The molecule has 108 valence electrons. The van der Waals surface area contributed by atoms with E-state index in [1.54, 1.807) is 0 Å². The first-order valence-corrected chi connectivity index (χ1v) is 8.01. The van der Waals surface area contributed by atoms with Crippen molar-refractivity contribution in [2.75, 3.05) is 6.54 Å². The van der Waals surface area contributed by atoms with Crippen LogP contribution in [0.25, 0.3) is 0 Å². The third-order valence-electron chi connectivity index (χ3n) is 2.44. The van der Waals surface area contributed by atoms with Crippen LogP contribution in [0.3, 0.4) is 0 Å². The zero-order valence-electron chi connectivity index (χ0n) is 10.2. The van der Waals surface area contributed by atoms with Crippen molar-refractivity contribution >= 4 is 27.3 Å². The third-order valence-corrected chi connectivity index (χ3v) is 4.95. The lowest BCUT2D eigenvalue weighted by atomic mass is 10.3. The number of aromatic amines is 1. The largest absolute Gasteiger partial charge is 0.477 e. The van der Waals surface area contributed by atoms with Gasteiger partial charge in [-0.05, 0) is 12.5 Å². The molecular weight excluding hydrogens is 304 g/mol. The van der Waals surface area contributed by atoms with E-state index in [1.807, 2.05) is 0 Å². The highest BCUT2D eigenvalue weighted by atomic mass is 32.2. The maximum absolute atomic E-state index is 11.9. The van der Waals surface area contributed by atoms with Crippen molar-refractivity contribution in [2.45, 2.75) is 17.7 Å². The van der Waals surface area contributed by atoms with E-state index in [4.69, 9.17) is 5.11 Å². The third kappa shape index (κ3) is 3.62. The van der Waals surface area contributed by atoms with Gasteiger partial charge in [-0.25, -0.2) is 22.9 Å². The second kappa shape index (κ2) is 6.11. The van der Waals surface area contributed by atoms with Gasteiger partial charge in [0, 0.05) is 18.3 Å². The molecule has 0 atom stereocenters. The van der Waals surface area contributed by atoms with Gasteiger partial charge in [-0.1, -0.05) is 0 Å². The Morgan fingerprint density at radius 1 is 1.50 bits per heavy atom. The lowest BCUT2D eigenvalue weighted by Gasteiger charge is -2.03. The average Bonchev–Trinajstić information content (AvgIpc) is 3.05. The highest BCUT2D eigenvalue weighted by Gasteiger charge is 2.17. The predicted molar refractivity (Wildman–Crippen MR) is 71.2 cm³/mol. The molecule has 0 bridgehead atoms. The van der Waals surface area contributed by atoms with E-state index in [2.05, 4.69) is 19.9 Å². The van der Waals surface area contributed by atoms with Crippen LogP contribution >= 0.6 is 11.3 Å². The molecule has 0 amide bonds. The number of nitrogens with zero attached hydrogens (tertiary/aromatic N) is 2. The number of hydrogen-bond acceptors (Lipinski definition) is 6. The van der Waals surface area contributed by atoms with E-state index in [9.17, 15) is 13.2 Å². The van der Waals surface area contributed by atoms with Crippen LogP contribution in [0.5, 0.6) is 0 Å². The smallest absolute Gasteiger partial charge is 0.345 e. The van der Waals surface area contributed by atoms with Crippen LogP contribution in [0.15, 0.2) is 22.7 Å². The van der Waals surface area contributed by atoms with Crippen LogP contribution in [0.2, 0.25) is 0 Å². The maximum Gasteiger partial charge on any atom is 0.345 e. The number of hydrogen-bond donors (Lipinski definition) is 3. The summed E-state index contributed by atoms with van der Waals surface area (Å²) in [7, 11) is -3.66. The zero-order valence-corrected chi connectivity index (χ0v) is 11.9. The summed E-state index contributed by atoms with van der Waals surface area (Å²) in [5.41, 5.74) is 0. The Morgan fingerprint density at radius 2 is 2.30 bits per heavy atom. The van der Waals surface area contributed by atoms with E-state index in [0.717, 1.165) is 17.4 Å². The fourth-order valence-corrected chi connectivity index (χ4v) is 3.65. The van der Waals surface area contributed by atoms with Crippen molar-refractivity contribution in [2.24, 2.45) is 0 Å². The fraction of sp³-hybridized carbons (Fsp3) is 0.300. The van der Waals surface area contributed by atoms with Crippen LogP contribution in [-0.2, 0) is 16.4 Å². The van der Waals surface area contributed by atoms with Gasteiger partial charge >= 0.3 is 5.97 Å². The topological polar surface area (TPSA) is 125 Å². The number of aryl methyl sites for hydroxylation is 1. The van der Waals surface area contributed by atoms with Crippen molar-refractivity contribution in [1.82, 2.24) is 19.9 Å². The molecule has 10 heteroatoms. The van der Waals surface area contributed by atoms with Gasteiger partial charge in [0.2, 0.25) is 10.0 Å². The van der Waals surface area contributed by atoms with Crippen LogP contribution in [-0.4, -0.2) is 41.2 Å². The van der Waals surface area contributed by atoms with Gasteiger partial charge in [0.25, 0.3) is 0 Å². The number of carboxylic acids is 1. The lowest BCUT2D eigenvalue weighted by Crippen LogP contribution is -2.24. The molecule has 3 N–H and O–H groups in total. The summed E-state index contributed by atoms with van der Waals surface area (Å²) in [6, 6.07) is 1.14. The first-order valence-electron chi connectivity index (χ1n) is 5.65. The predicted octanol–water partition coefficient (Wildman–Crippen LogP) is 0.476. The molecule has 8 nitrogen and oxygen atoms in total. The summed E-state index contributed by atoms with van der Waals surface area (Å²) < 4.78 is 26.2. The second-order valence-electron chi connectivity index (χ2n) is 3.89. The fourth-order valence-electron chi connectivity index (χ4n) is 1.47. The van der Waals surface area contributed by atoms with Gasteiger partial charge in [-0.15, -0.1) is 11.3 Å². The Bertz CT molecular complexity index is 678. The minimum absolute atomic E-state index is 0.00738. The molecule has 20 heavy (non-hydrogen) atoms. The summed E-state index contributed by atoms with van der Waals surface area (Å²) in [4.78, 5) is 14.6. The summed E-state index contributed by atoms with van der Waals surface area (Å²) >= 11 is 0.880. The van der Waals surface area contributed by atoms with Gasteiger partial charge in [0.15, 0.2) is 0 Å². The Balaban J connectivity index is 1.88. The lowest BCUT2D eigenvalue weighted by molar-refractivity contribution is 0.0702. The van der Waals surface area contributed by atoms with Gasteiger partial charge < -0.3 is 5.11 Å². The molecule has 0 unspecified atom stereocenters. The molecule has 2 heterocycles. The van der Waals surface area contributed by atoms with Gasteiger partial charge in [-0.3, -0.25) is 5.10 Å². The van der Waals surface area contributed by atoms with E-state index in [1.165, 1.54) is 11.7 Å².